The van der Waals surface area contributed by atoms with Crippen molar-refractivity contribution in [3.63, 3.8) is 0 Å². The zero-order valence-corrected chi connectivity index (χ0v) is 24.5. The van der Waals surface area contributed by atoms with Crippen molar-refractivity contribution in [3.05, 3.63) is 51.6 Å². The van der Waals surface area contributed by atoms with Gasteiger partial charge in [-0.2, -0.15) is 0 Å². The summed E-state index contributed by atoms with van der Waals surface area (Å²) in [5.41, 5.74) is -3.82. The summed E-state index contributed by atoms with van der Waals surface area (Å²) in [6.45, 7) is 2.35. The lowest BCUT2D eigenvalue weighted by Gasteiger charge is -2.43. The van der Waals surface area contributed by atoms with Crippen molar-refractivity contribution in [2.75, 3.05) is 13.7 Å². The Hall–Kier alpha value is -3.88. The quantitative estimate of drug-likeness (QED) is 0.196. The first-order chi connectivity index (χ1) is 20.9. The highest BCUT2D eigenvalue weighted by molar-refractivity contribution is 6.31. The number of amides is 1. The maximum Gasteiger partial charge on any atom is 0.220 e. The minimum absolute atomic E-state index is 0.0567. The molecule has 1 saturated heterocycles. The SMILES string of the molecule is CCCC(=O)N[C@@H]1C[C@@H](O[C@H]2C[C@](O)(C(=O)CO)Cc3c(O)c4c(c(O)c32)C(=O)c2c(OC)cccc2C4=O)O[C@H](C)[C@@H]1O. The molecule has 0 bridgehead atoms. The number of hydrogen-bond acceptors (Lipinski definition) is 12. The second kappa shape index (κ2) is 11.9. The zero-order chi connectivity index (χ0) is 32.1. The van der Waals surface area contributed by atoms with Gasteiger partial charge < -0.3 is 45.1 Å². The summed E-state index contributed by atoms with van der Waals surface area (Å²) in [7, 11) is 1.32. The van der Waals surface area contributed by atoms with E-state index in [-0.39, 0.29) is 46.8 Å². The number of ether oxygens (including phenoxy) is 3. The van der Waals surface area contributed by atoms with Crippen LogP contribution in [0.2, 0.25) is 0 Å². The van der Waals surface area contributed by atoms with Gasteiger partial charge in [-0.05, 0) is 19.4 Å². The number of Topliss-reactive ketones (excluding diaryl/α,β-unsaturated/α-hetero) is 1. The number of nitrogens with one attached hydrogen (secondary N) is 1. The fourth-order valence-corrected chi connectivity index (χ4v) is 6.36. The molecule has 2 aromatic carbocycles. The molecule has 5 rings (SSSR count). The molecule has 13 heteroatoms. The third kappa shape index (κ3) is 5.14. The van der Waals surface area contributed by atoms with Crippen molar-refractivity contribution in [2.45, 2.75) is 82.2 Å². The number of fused-ring (bicyclic) bond motifs is 3. The predicted octanol–water partition coefficient (Wildman–Crippen LogP) is 0.959. The van der Waals surface area contributed by atoms with Crippen LogP contribution in [0.15, 0.2) is 18.2 Å². The molecule has 44 heavy (non-hydrogen) atoms. The van der Waals surface area contributed by atoms with Crippen LogP contribution in [0.4, 0.5) is 0 Å². The number of methoxy groups -OCH3 is 1. The molecule has 0 spiro atoms. The normalized spacial score (nSPS) is 27.6. The minimum atomic E-state index is -2.29. The van der Waals surface area contributed by atoms with Gasteiger partial charge in [0, 0.05) is 42.4 Å². The average Bonchev–Trinajstić information content (AvgIpc) is 2.99. The lowest BCUT2D eigenvalue weighted by molar-refractivity contribution is -0.249. The van der Waals surface area contributed by atoms with E-state index in [1.807, 2.05) is 6.92 Å². The summed E-state index contributed by atoms with van der Waals surface area (Å²) in [5, 5.41) is 57.5. The third-order valence-electron chi connectivity index (χ3n) is 8.58. The van der Waals surface area contributed by atoms with Gasteiger partial charge in [-0.1, -0.05) is 19.1 Å². The minimum Gasteiger partial charge on any atom is -0.507 e. The summed E-state index contributed by atoms with van der Waals surface area (Å²) >= 11 is 0. The zero-order valence-electron chi connectivity index (χ0n) is 24.5. The summed E-state index contributed by atoms with van der Waals surface area (Å²) in [6, 6.07) is 3.56. The van der Waals surface area contributed by atoms with Gasteiger partial charge >= 0.3 is 0 Å². The van der Waals surface area contributed by atoms with E-state index in [0.29, 0.717) is 6.42 Å². The molecule has 6 N–H and O–H groups in total. The van der Waals surface area contributed by atoms with E-state index in [0.717, 1.165) is 0 Å². The first kappa shape index (κ1) is 31.5. The van der Waals surface area contributed by atoms with Crippen LogP contribution in [0.25, 0.3) is 0 Å². The lowest BCUT2D eigenvalue weighted by Crippen LogP contribution is -2.55. The van der Waals surface area contributed by atoms with Gasteiger partial charge in [-0.3, -0.25) is 19.2 Å². The van der Waals surface area contributed by atoms with Crippen molar-refractivity contribution >= 4 is 23.3 Å². The van der Waals surface area contributed by atoms with Crippen LogP contribution < -0.4 is 10.1 Å². The van der Waals surface area contributed by atoms with Gasteiger partial charge in [-0.25, -0.2) is 0 Å². The van der Waals surface area contributed by atoms with Gasteiger partial charge in [0.1, 0.15) is 35.6 Å². The third-order valence-corrected chi connectivity index (χ3v) is 8.58. The van der Waals surface area contributed by atoms with Crippen LogP contribution >= 0.6 is 0 Å². The van der Waals surface area contributed by atoms with Crippen LogP contribution in [-0.2, 0) is 25.5 Å². The standard InChI is InChI=1S/C31H35NO12/c1-4-6-20(35)32-16-9-21(43-13(2)26(16)36)44-18-11-31(41,19(34)12-33)10-15-23(18)30(40)25-24(28(15)38)27(37)14-7-5-8-17(42-3)22(14)29(25)39/h5,7-8,13,16,18,21,26,33,36,38,40-41H,4,6,9-12H2,1-3H3,(H,32,35)/t13-,16-,18+,21-,26+,31+/m1/s1. The van der Waals surface area contributed by atoms with Crippen molar-refractivity contribution in [1.29, 1.82) is 0 Å². The Bertz CT molecular complexity index is 1540. The Kier molecular flexibility index (Phi) is 8.53. The number of aromatic hydroxyl groups is 2. The van der Waals surface area contributed by atoms with Crippen molar-refractivity contribution in [3.8, 4) is 17.2 Å². The Balaban J connectivity index is 1.61. The Morgan fingerprint density at radius 1 is 1.11 bits per heavy atom. The topological polar surface area (TPSA) is 209 Å². The van der Waals surface area contributed by atoms with Crippen molar-refractivity contribution < 1.29 is 58.9 Å². The number of phenolic OH excluding ortho intramolecular Hbond substituents is 2. The highest BCUT2D eigenvalue weighted by Gasteiger charge is 2.50. The second-order valence-electron chi connectivity index (χ2n) is 11.4. The summed E-state index contributed by atoms with van der Waals surface area (Å²) in [4.78, 5) is 52.4. The van der Waals surface area contributed by atoms with Crippen LogP contribution in [0.5, 0.6) is 17.2 Å². The summed E-state index contributed by atoms with van der Waals surface area (Å²) in [6.07, 6.45) is -4.82. The molecular formula is C31H35NO12. The van der Waals surface area contributed by atoms with Crippen LogP contribution in [-0.4, -0.2) is 92.6 Å². The van der Waals surface area contributed by atoms with Gasteiger partial charge in [0.25, 0.3) is 0 Å². The smallest absolute Gasteiger partial charge is 0.220 e. The molecule has 1 aliphatic heterocycles. The van der Waals surface area contributed by atoms with E-state index >= 15 is 0 Å². The molecule has 236 valence electrons. The van der Waals surface area contributed by atoms with E-state index < -0.39 is 95.7 Å². The molecule has 2 aliphatic carbocycles. The van der Waals surface area contributed by atoms with Gasteiger partial charge in [0.2, 0.25) is 11.7 Å². The van der Waals surface area contributed by atoms with E-state index in [9.17, 15) is 44.7 Å². The summed E-state index contributed by atoms with van der Waals surface area (Å²) < 4.78 is 17.3. The molecule has 1 fully saturated rings. The predicted molar refractivity (Wildman–Crippen MR) is 151 cm³/mol. The number of carbonyl (C=O) groups is 4. The monoisotopic (exact) mass is 613 g/mol. The highest BCUT2D eigenvalue weighted by Crippen LogP contribution is 2.52. The number of hydrogen-bond donors (Lipinski definition) is 6. The molecule has 13 nitrogen and oxygen atoms in total. The molecule has 6 atom stereocenters. The number of phenols is 2. The first-order valence-corrected chi connectivity index (χ1v) is 14.4. The van der Waals surface area contributed by atoms with E-state index in [4.69, 9.17) is 14.2 Å². The fourth-order valence-electron chi connectivity index (χ4n) is 6.36. The van der Waals surface area contributed by atoms with Gasteiger partial charge in [0.15, 0.2) is 17.9 Å². The number of aliphatic hydroxyl groups is 3. The molecule has 0 saturated carbocycles. The number of ketones is 3. The highest BCUT2D eigenvalue weighted by atomic mass is 16.7. The summed E-state index contributed by atoms with van der Waals surface area (Å²) in [5.74, 6) is -4.20. The molecule has 0 aromatic heterocycles. The Labute approximate surface area is 252 Å². The van der Waals surface area contributed by atoms with Crippen LogP contribution in [0.3, 0.4) is 0 Å². The van der Waals surface area contributed by atoms with E-state index in [2.05, 4.69) is 5.32 Å². The van der Waals surface area contributed by atoms with Crippen molar-refractivity contribution in [2.24, 2.45) is 0 Å². The maximum atomic E-state index is 13.8. The number of rotatable bonds is 8. The molecule has 1 amide bonds. The first-order valence-electron chi connectivity index (χ1n) is 14.4. The number of aliphatic hydroxyl groups excluding tert-OH is 2. The second-order valence-corrected chi connectivity index (χ2v) is 11.4. The molecule has 1 heterocycles. The van der Waals surface area contributed by atoms with Crippen LogP contribution in [0, 0.1) is 0 Å². The fraction of sp³-hybridized carbons (Fsp3) is 0.484. The Morgan fingerprint density at radius 2 is 1.82 bits per heavy atom. The number of carbonyl (C=O) groups excluding carboxylic acids is 4. The van der Waals surface area contributed by atoms with Gasteiger partial charge in [-0.15, -0.1) is 0 Å². The molecule has 0 radical (unpaired) electrons. The maximum absolute atomic E-state index is 13.8. The van der Waals surface area contributed by atoms with Crippen molar-refractivity contribution in [1.82, 2.24) is 5.32 Å². The molecule has 0 unspecified atom stereocenters. The molecule has 3 aliphatic rings. The number of benzene rings is 2. The molecular weight excluding hydrogens is 578 g/mol. The largest absolute Gasteiger partial charge is 0.507 e. The van der Waals surface area contributed by atoms with E-state index in [1.165, 1.54) is 25.3 Å². The molecule has 2 aromatic rings. The van der Waals surface area contributed by atoms with E-state index in [1.54, 1.807) is 6.92 Å². The van der Waals surface area contributed by atoms with Gasteiger partial charge in [0.05, 0.1) is 42.0 Å². The Morgan fingerprint density at radius 3 is 2.48 bits per heavy atom. The lowest BCUT2D eigenvalue weighted by atomic mass is 9.72. The average molecular weight is 614 g/mol. The van der Waals surface area contributed by atoms with Crippen LogP contribution in [0.1, 0.15) is 88.6 Å².